The van der Waals surface area contributed by atoms with Gasteiger partial charge in [-0.15, -0.1) is 0 Å². The first kappa shape index (κ1) is 15.8. The van der Waals surface area contributed by atoms with Crippen LogP contribution in [0, 0.1) is 0 Å². The second-order valence-corrected chi connectivity index (χ2v) is 5.36. The molecular formula is C17H15N7O2. The summed E-state index contributed by atoms with van der Waals surface area (Å²) in [7, 11) is 0. The van der Waals surface area contributed by atoms with Crippen LogP contribution in [0.15, 0.2) is 49.3 Å². The second-order valence-electron chi connectivity index (χ2n) is 5.36. The molecule has 3 aromatic heterocycles. The molecule has 2 N–H and O–H groups in total. The van der Waals surface area contributed by atoms with E-state index < -0.39 is 6.09 Å². The van der Waals surface area contributed by atoms with Gasteiger partial charge >= 0.3 is 6.09 Å². The average Bonchev–Trinajstić information content (AvgIpc) is 3.31. The topological polar surface area (TPSA) is 111 Å². The molecule has 0 saturated carbocycles. The molecule has 130 valence electrons. The summed E-state index contributed by atoms with van der Waals surface area (Å²) in [6, 6.07) is 5.57. The molecule has 9 nitrogen and oxygen atoms in total. The number of rotatable bonds is 4. The van der Waals surface area contributed by atoms with E-state index in [0.717, 1.165) is 11.3 Å². The third-order valence-corrected chi connectivity index (χ3v) is 3.68. The smallest absolute Gasteiger partial charge is 0.413 e. The summed E-state index contributed by atoms with van der Waals surface area (Å²) in [6.45, 7) is 2.01. The van der Waals surface area contributed by atoms with Crippen LogP contribution in [0.4, 0.5) is 10.7 Å². The lowest BCUT2D eigenvalue weighted by atomic mass is 10.1. The fraction of sp³-hybridized carbons (Fsp3) is 0.118. The number of anilines is 1. The summed E-state index contributed by atoms with van der Waals surface area (Å²) >= 11 is 0. The van der Waals surface area contributed by atoms with E-state index in [-0.39, 0.29) is 6.61 Å². The number of benzene rings is 1. The van der Waals surface area contributed by atoms with Crippen LogP contribution in [0.2, 0.25) is 0 Å². The molecule has 4 rings (SSSR count). The third kappa shape index (κ3) is 2.97. The molecule has 1 aromatic carbocycles. The molecule has 0 unspecified atom stereocenters. The van der Waals surface area contributed by atoms with E-state index in [1.807, 2.05) is 22.9 Å². The summed E-state index contributed by atoms with van der Waals surface area (Å²) in [5.74, 6) is 0.837. The minimum Gasteiger partial charge on any atom is -0.450 e. The monoisotopic (exact) mass is 349 g/mol. The minimum absolute atomic E-state index is 0.278. The maximum atomic E-state index is 11.7. The number of nitrogens with one attached hydrogen (secondary N) is 2. The molecular weight excluding hydrogens is 334 g/mol. The number of H-pyrrole nitrogens is 1. The predicted octanol–water partition coefficient (Wildman–Crippen LogP) is 2.77. The SMILES string of the molecule is CCOC(=O)Nc1nc2cc(-n3ccnc3)cc(-c3ncccn3)c2[nH]1. The van der Waals surface area contributed by atoms with Gasteiger partial charge in [0.2, 0.25) is 5.95 Å². The largest absolute Gasteiger partial charge is 0.450 e. The number of fused-ring (bicyclic) bond motifs is 1. The van der Waals surface area contributed by atoms with Crippen molar-refractivity contribution >= 4 is 23.1 Å². The Labute approximate surface area is 148 Å². The Kier molecular flexibility index (Phi) is 4.02. The third-order valence-electron chi connectivity index (χ3n) is 3.68. The first-order chi connectivity index (χ1) is 12.7. The van der Waals surface area contributed by atoms with Crippen LogP contribution in [0.1, 0.15) is 6.92 Å². The molecule has 0 spiro atoms. The van der Waals surface area contributed by atoms with Crippen molar-refractivity contribution in [2.45, 2.75) is 6.92 Å². The van der Waals surface area contributed by atoms with E-state index in [9.17, 15) is 4.79 Å². The van der Waals surface area contributed by atoms with Crippen molar-refractivity contribution in [3.8, 4) is 17.1 Å². The Bertz CT molecular complexity index is 1040. The van der Waals surface area contributed by atoms with Gasteiger partial charge in [-0.2, -0.15) is 0 Å². The molecule has 0 atom stereocenters. The van der Waals surface area contributed by atoms with Gasteiger partial charge in [0.05, 0.1) is 24.0 Å². The van der Waals surface area contributed by atoms with Crippen LogP contribution < -0.4 is 5.32 Å². The van der Waals surface area contributed by atoms with Crippen molar-refractivity contribution in [3.63, 3.8) is 0 Å². The number of aromatic amines is 1. The quantitative estimate of drug-likeness (QED) is 0.586. The number of hydrogen-bond acceptors (Lipinski definition) is 6. The number of ether oxygens (including phenoxy) is 1. The Balaban J connectivity index is 1.86. The maximum absolute atomic E-state index is 11.7. The van der Waals surface area contributed by atoms with Crippen LogP contribution in [-0.2, 0) is 4.74 Å². The molecule has 9 heteroatoms. The molecule has 0 radical (unpaired) electrons. The van der Waals surface area contributed by atoms with Crippen molar-refractivity contribution in [2.75, 3.05) is 11.9 Å². The Morgan fingerprint density at radius 1 is 1.27 bits per heavy atom. The molecule has 3 heterocycles. The van der Waals surface area contributed by atoms with E-state index in [1.54, 1.807) is 37.9 Å². The van der Waals surface area contributed by atoms with Gasteiger partial charge < -0.3 is 14.3 Å². The number of hydrogen-bond donors (Lipinski definition) is 2. The summed E-state index contributed by atoms with van der Waals surface area (Å²) < 4.78 is 6.75. The summed E-state index contributed by atoms with van der Waals surface area (Å²) in [5, 5.41) is 2.58. The Hall–Kier alpha value is -3.75. The van der Waals surface area contributed by atoms with E-state index >= 15 is 0 Å². The summed E-state index contributed by atoms with van der Waals surface area (Å²) in [4.78, 5) is 31.9. The number of aromatic nitrogens is 6. The second kappa shape index (κ2) is 6.63. The van der Waals surface area contributed by atoms with Gasteiger partial charge in [-0.3, -0.25) is 5.32 Å². The molecule has 0 fully saturated rings. The maximum Gasteiger partial charge on any atom is 0.413 e. The predicted molar refractivity (Wildman–Crippen MR) is 94.9 cm³/mol. The first-order valence-electron chi connectivity index (χ1n) is 7.98. The standard InChI is InChI=1S/C17H15N7O2/c1-2-26-17(25)23-16-21-13-9-11(24-7-6-18-10-24)8-12(14(13)22-16)15-19-4-3-5-20-15/h3-10H,2H2,1H3,(H2,21,22,23,25). The normalized spacial score (nSPS) is 10.8. The minimum atomic E-state index is -0.570. The number of carbonyl (C=O) groups excluding carboxylic acids is 1. The lowest BCUT2D eigenvalue weighted by Gasteiger charge is -2.06. The summed E-state index contributed by atoms with van der Waals surface area (Å²) in [5.41, 5.74) is 2.99. The van der Waals surface area contributed by atoms with Gasteiger partial charge in [0, 0.05) is 36.0 Å². The van der Waals surface area contributed by atoms with Crippen LogP contribution >= 0.6 is 0 Å². The first-order valence-corrected chi connectivity index (χ1v) is 7.98. The van der Waals surface area contributed by atoms with Gasteiger partial charge in [0.1, 0.15) is 0 Å². The zero-order valence-corrected chi connectivity index (χ0v) is 13.9. The average molecular weight is 349 g/mol. The fourth-order valence-electron chi connectivity index (χ4n) is 2.60. The van der Waals surface area contributed by atoms with Gasteiger partial charge in [-0.25, -0.2) is 24.7 Å². The number of carbonyl (C=O) groups is 1. The molecule has 0 aliphatic carbocycles. The Morgan fingerprint density at radius 3 is 2.85 bits per heavy atom. The van der Waals surface area contributed by atoms with Gasteiger partial charge in [-0.05, 0) is 25.1 Å². The van der Waals surface area contributed by atoms with Crippen LogP contribution in [0.25, 0.3) is 28.1 Å². The van der Waals surface area contributed by atoms with Gasteiger partial charge in [0.15, 0.2) is 5.82 Å². The van der Waals surface area contributed by atoms with Crippen LogP contribution in [0.3, 0.4) is 0 Å². The van der Waals surface area contributed by atoms with Crippen LogP contribution in [-0.4, -0.2) is 42.2 Å². The summed E-state index contributed by atoms with van der Waals surface area (Å²) in [6.07, 6.45) is 8.00. The van der Waals surface area contributed by atoms with E-state index in [4.69, 9.17) is 4.74 Å². The van der Waals surface area contributed by atoms with Gasteiger partial charge in [-0.1, -0.05) is 0 Å². The van der Waals surface area contributed by atoms with Crippen molar-refractivity contribution in [1.82, 2.24) is 29.5 Å². The highest BCUT2D eigenvalue weighted by atomic mass is 16.5. The van der Waals surface area contributed by atoms with Crippen LogP contribution in [0.5, 0.6) is 0 Å². The molecule has 4 aromatic rings. The number of imidazole rings is 2. The highest BCUT2D eigenvalue weighted by Crippen LogP contribution is 2.29. The lowest BCUT2D eigenvalue weighted by Crippen LogP contribution is -2.14. The highest BCUT2D eigenvalue weighted by molar-refractivity contribution is 5.95. The highest BCUT2D eigenvalue weighted by Gasteiger charge is 2.15. The molecule has 0 saturated heterocycles. The zero-order chi connectivity index (χ0) is 17.9. The number of amides is 1. The number of nitrogens with zero attached hydrogens (tertiary/aromatic N) is 5. The van der Waals surface area contributed by atoms with Crippen molar-refractivity contribution in [2.24, 2.45) is 0 Å². The fourth-order valence-corrected chi connectivity index (χ4v) is 2.60. The van der Waals surface area contributed by atoms with E-state index in [0.29, 0.717) is 22.8 Å². The van der Waals surface area contributed by atoms with E-state index in [2.05, 4.69) is 30.2 Å². The zero-order valence-electron chi connectivity index (χ0n) is 13.9. The molecule has 0 aliphatic rings. The lowest BCUT2D eigenvalue weighted by molar-refractivity contribution is 0.167. The van der Waals surface area contributed by atoms with Crippen molar-refractivity contribution in [3.05, 3.63) is 49.3 Å². The Morgan fingerprint density at radius 2 is 2.12 bits per heavy atom. The molecule has 0 bridgehead atoms. The van der Waals surface area contributed by atoms with Crippen molar-refractivity contribution < 1.29 is 9.53 Å². The van der Waals surface area contributed by atoms with E-state index in [1.165, 1.54) is 0 Å². The molecule has 1 amide bonds. The molecule has 0 aliphatic heterocycles. The van der Waals surface area contributed by atoms with Crippen molar-refractivity contribution in [1.29, 1.82) is 0 Å². The molecule has 26 heavy (non-hydrogen) atoms. The van der Waals surface area contributed by atoms with Gasteiger partial charge in [0.25, 0.3) is 0 Å².